The number of carbonyl (C=O) groups excluding carboxylic acids is 3. The predicted octanol–water partition coefficient (Wildman–Crippen LogP) is 3.26. The van der Waals surface area contributed by atoms with Gasteiger partial charge >= 0.3 is 0 Å². The van der Waals surface area contributed by atoms with Crippen LogP contribution < -0.4 is 16.0 Å². The van der Waals surface area contributed by atoms with Crippen molar-refractivity contribution in [3.8, 4) is 0 Å². The lowest BCUT2D eigenvalue weighted by Crippen LogP contribution is -2.59. The molecule has 2 aromatic carbocycles. The van der Waals surface area contributed by atoms with Gasteiger partial charge in [0.1, 0.15) is 29.9 Å². The Hall–Kier alpha value is -3.87. The number of pyridine rings is 1. The average Bonchev–Trinajstić information content (AvgIpc) is 3.01. The third-order valence-electron chi connectivity index (χ3n) is 6.85. The van der Waals surface area contributed by atoms with Gasteiger partial charge in [0.15, 0.2) is 0 Å². The van der Waals surface area contributed by atoms with Crippen molar-refractivity contribution in [2.75, 3.05) is 11.5 Å². The Morgan fingerprint density at radius 1 is 0.886 bits per heavy atom. The molecular weight excluding hydrogens is 590 g/mol. The first kappa shape index (κ1) is 34.6. The molecule has 3 aromatic rings. The third-order valence-corrected chi connectivity index (χ3v) is 7.99. The van der Waals surface area contributed by atoms with Gasteiger partial charge in [-0.15, -0.1) is 0 Å². The van der Waals surface area contributed by atoms with Crippen LogP contribution in [0.5, 0.6) is 0 Å². The Balaban J connectivity index is 1.82. The van der Waals surface area contributed by atoms with Crippen LogP contribution in [0.2, 0.25) is 0 Å². The van der Waals surface area contributed by atoms with Gasteiger partial charge in [-0.2, -0.15) is 11.8 Å². The number of nitrogens with zero attached hydrogens (tertiary/aromatic N) is 1. The van der Waals surface area contributed by atoms with E-state index in [4.69, 9.17) is 0 Å². The summed E-state index contributed by atoms with van der Waals surface area (Å²) in [7, 11) is 0. The molecule has 5 atom stereocenters. The van der Waals surface area contributed by atoms with Crippen molar-refractivity contribution >= 4 is 29.5 Å². The number of thioether (sulfide) groups is 1. The third kappa shape index (κ3) is 10.7. The fourth-order valence-corrected chi connectivity index (χ4v) is 5.52. The summed E-state index contributed by atoms with van der Waals surface area (Å²) in [6, 6.07) is 11.0. The van der Waals surface area contributed by atoms with Crippen molar-refractivity contribution < 1.29 is 33.4 Å². The molecule has 0 aliphatic carbocycles. The summed E-state index contributed by atoms with van der Waals surface area (Å²) in [4.78, 5) is 43.1. The van der Waals surface area contributed by atoms with Crippen LogP contribution in [0.4, 0.5) is 8.78 Å². The molecule has 0 unspecified atom stereocenters. The number of hydrogen-bond acceptors (Lipinski definition) is 7. The van der Waals surface area contributed by atoms with E-state index in [1.54, 1.807) is 42.5 Å². The number of halogens is 2. The second-order valence-electron chi connectivity index (χ2n) is 10.4. The van der Waals surface area contributed by atoms with E-state index in [0.717, 1.165) is 30.7 Å². The first-order valence-electron chi connectivity index (χ1n) is 14.3. The zero-order chi connectivity index (χ0) is 32.1. The summed E-state index contributed by atoms with van der Waals surface area (Å²) >= 11 is 1.46. The second kappa shape index (κ2) is 17.4. The zero-order valence-corrected chi connectivity index (χ0v) is 25.4. The zero-order valence-electron chi connectivity index (χ0n) is 24.6. The van der Waals surface area contributed by atoms with Crippen molar-refractivity contribution in [3.63, 3.8) is 0 Å². The van der Waals surface area contributed by atoms with Gasteiger partial charge in [0.25, 0.3) is 11.8 Å². The van der Waals surface area contributed by atoms with E-state index in [2.05, 4.69) is 20.9 Å². The monoisotopic (exact) mass is 628 g/mol. The lowest BCUT2D eigenvalue weighted by Gasteiger charge is -2.32. The molecule has 0 radical (unpaired) electrons. The highest BCUT2D eigenvalue weighted by Crippen LogP contribution is 2.16. The van der Waals surface area contributed by atoms with E-state index >= 15 is 0 Å². The molecule has 0 bridgehead atoms. The Morgan fingerprint density at radius 3 is 2.18 bits per heavy atom. The summed E-state index contributed by atoms with van der Waals surface area (Å²) in [6.07, 6.45) is 1.19. The summed E-state index contributed by atoms with van der Waals surface area (Å²) in [5, 5.41) is 30.3. The fourth-order valence-electron chi connectivity index (χ4n) is 4.39. The summed E-state index contributed by atoms with van der Waals surface area (Å²) in [5.74, 6) is -2.43. The van der Waals surface area contributed by atoms with Gasteiger partial charge in [0, 0.05) is 29.8 Å². The molecule has 0 saturated heterocycles. The maximum absolute atomic E-state index is 14.0. The number of nitrogens with one attached hydrogen (secondary N) is 3. The average molecular weight is 629 g/mol. The molecule has 44 heavy (non-hydrogen) atoms. The second-order valence-corrected chi connectivity index (χ2v) is 11.6. The smallest absolute Gasteiger partial charge is 0.253 e. The molecule has 1 aromatic heterocycles. The largest absolute Gasteiger partial charge is 0.388 e. The van der Waals surface area contributed by atoms with Crippen molar-refractivity contribution in [1.29, 1.82) is 0 Å². The first-order valence-corrected chi connectivity index (χ1v) is 15.5. The van der Waals surface area contributed by atoms with Gasteiger partial charge in [0.05, 0.1) is 17.6 Å². The van der Waals surface area contributed by atoms with Gasteiger partial charge in [-0.05, 0) is 67.5 Å². The molecule has 3 amide bonds. The van der Waals surface area contributed by atoms with E-state index in [1.165, 1.54) is 31.1 Å². The van der Waals surface area contributed by atoms with Crippen LogP contribution in [-0.2, 0) is 11.2 Å². The Morgan fingerprint density at radius 2 is 1.55 bits per heavy atom. The number of unbranched alkanes of at least 4 members (excludes halogenated alkanes) is 1. The van der Waals surface area contributed by atoms with Gasteiger partial charge in [0.2, 0.25) is 5.91 Å². The maximum Gasteiger partial charge on any atom is 0.253 e. The number of carbonyl (C=O) groups is 3. The fraction of sp³-hybridized carbons (Fsp3) is 0.375. The molecule has 0 spiro atoms. The maximum atomic E-state index is 14.0. The molecule has 0 aliphatic rings. The summed E-state index contributed by atoms with van der Waals surface area (Å²) < 4.78 is 28.1. The minimum absolute atomic E-state index is 0.119. The highest BCUT2D eigenvalue weighted by atomic mass is 32.2. The molecule has 1 heterocycles. The van der Waals surface area contributed by atoms with Crippen molar-refractivity contribution in [3.05, 3.63) is 101 Å². The Labute approximate surface area is 259 Å². The van der Waals surface area contributed by atoms with Crippen LogP contribution in [0.1, 0.15) is 53.0 Å². The summed E-state index contributed by atoms with van der Waals surface area (Å²) in [6.45, 7) is 3.52. The molecule has 12 heteroatoms. The van der Waals surface area contributed by atoms with Crippen molar-refractivity contribution in [1.82, 2.24) is 20.9 Å². The Bertz CT molecular complexity index is 1350. The molecule has 0 aliphatic heterocycles. The van der Waals surface area contributed by atoms with Crippen LogP contribution in [0.3, 0.4) is 0 Å². The lowest BCUT2D eigenvalue weighted by molar-refractivity contribution is -0.125. The number of aliphatic hydroxyl groups excluding tert-OH is 2. The number of aliphatic hydroxyl groups is 2. The summed E-state index contributed by atoms with van der Waals surface area (Å²) in [5.41, 5.74) is 0.705. The van der Waals surface area contributed by atoms with Crippen LogP contribution in [0, 0.1) is 11.6 Å². The number of benzene rings is 2. The van der Waals surface area contributed by atoms with Crippen LogP contribution in [0.15, 0.2) is 73.1 Å². The molecular formula is C32H38F2N4O5S. The van der Waals surface area contributed by atoms with Gasteiger partial charge in [-0.1, -0.05) is 31.5 Å². The normalized spacial score (nSPS) is 14.5. The minimum atomic E-state index is -1.68. The Kier molecular flexibility index (Phi) is 13.7. The topological polar surface area (TPSA) is 141 Å². The lowest BCUT2D eigenvalue weighted by atomic mass is 9.94. The van der Waals surface area contributed by atoms with Crippen LogP contribution in [0.25, 0.3) is 0 Å². The van der Waals surface area contributed by atoms with E-state index in [9.17, 15) is 33.4 Å². The number of hydrogen-bond donors (Lipinski definition) is 5. The van der Waals surface area contributed by atoms with Gasteiger partial charge in [-0.25, -0.2) is 8.78 Å². The van der Waals surface area contributed by atoms with Gasteiger partial charge < -0.3 is 26.2 Å². The SMILES string of the molecule is CCCCSC[C@@H](NC(=O)c1cccnc1)C(=O)N[C@@H](Cc1cc(F)cc(F)c1)[C@@H](O)[C@H](O)[C@@H](C)NC(=O)c1ccccc1. The predicted molar refractivity (Wildman–Crippen MR) is 165 cm³/mol. The van der Waals surface area contributed by atoms with Gasteiger partial charge in [-0.3, -0.25) is 19.4 Å². The standard InChI is InChI=1S/C32H38F2N4O5S/c1-3-4-13-44-19-27(38-31(42)23-11-8-12-35-18-23)32(43)37-26(16-21-14-24(33)17-25(34)15-21)29(40)28(39)20(2)36-30(41)22-9-6-5-7-10-22/h5-12,14-15,17-18,20,26-29,39-40H,3-4,13,16,19H2,1-2H3,(H,36,41)(H,37,43)(H,38,42)/t20-,26+,27-,28-,29-/m1/s1. The highest BCUT2D eigenvalue weighted by Gasteiger charge is 2.34. The molecule has 3 rings (SSSR count). The highest BCUT2D eigenvalue weighted by molar-refractivity contribution is 7.99. The molecule has 0 fully saturated rings. The molecule has 5 N–H and O–H groups in total. The molecule has 0 saturated carbocycles. The van der Waals surface area contributed by atoms with E-state index in [1.807, 2.05) is 6.92 Å². The number of aromatic nitrogens is 1. The quantitative estimate of drug-likeness (QED) is 0.154. The van der Waals surface area contributed by atoms with E-state index < -0.39 is 59.7 Å². The number of rotatable bonds is 16. The van der Waals surface area contributed by atoms with E-state index in [-0.39, 0.29) is 23.3 Å². The van der Waals surface area contributed by atoms with Crippen LogP contribution >= 0.6 is 11.8 Å². The van der Waals surface area contributed by atoms with Crippen molar-refractivity contribution in [2.45, 2.75) is 63.4 Å². The molecule has 9 nitrogen and oxygen atoms in total. The van der Waals surface area contributed by atoms with E-state index in [0.29, 0.717) is 11.6 Å². The van der Waals surface area contributed by atoms with Crippen molar-refractivity contribution in [2.24, 2.45) is 0 Å². The van der Waals surface area contributed by atoms with Crippen LogP contribution in [-0.4, -0.2) is 74.8 Å². The minimum Gasteiger partial charge on any atom is -0.388 e. The first-order chi connectivity index (χ1) is 21.1. The number of amides is 3. The molecule has 236 valence electrons.